The lowest BCUT2D eigenvalue weighted by Crippen LogP contribution is -2.44. The van der Waals surface area contributed by atoms with E-state index in [0.717, 1.165) is 0 Å². The van der Waals surface area contributed by atoms with Gasteiger partial charge in [0.2, 0.25) is 0 Å². The van der Waals surface area contributed by atoms with Crippen molar-refractivity contribution in [2.45, 2.75) is 26.3 Å². The average molecular weight is 217 g/mol. The molecule has 0 fully saturated rings. The molecule has 0 atom stereocenters. The number of aryl methyl sites for hydroxylation is 1. The third-order valence-electron chi connectivity index (χ3n) is 1.78. The summed E-state index contributed by atoms with van der Waals surface area (Å²) in [6.45, 7) is 5.39. The average Bonchev–Trinajstić information content (AvgIpc) is 2.51. The van der Waals surface area contributed by atoms with Gasteiger partial charge in [-0.3, -0.25) is 4.79 Å². The molecule has 1 aromatic rings. The summed E-state index contributed by atoms with van der Waals surface area (Å²) in [6, 6.07) is 0. The normalized spacial score (nSPS) is 11.4. The summed E-state index contributed by atoms with van der Waals surface area (Å²) in [5, 5.41) is 6.31. The van der Waals surface area contributed by atoms with Crippen molar-refractivity contribution in [3.05, 3.63) is 17.5 Å². The smallest absolute Gasteiger partial charge is 0.256 e. The summed E-state index contributed by atoms with van der Waals surface area (Å²) >= 11 is 5.68. The Bertz CT molecular complexity index is 333. The van der Waals surface area contributed by atoms with E-state index in [4.69, 9.17) is 16.1 Å². The van der Waals surface area contributed by atoms with Crippen LogP contribution in [-0.4, -0.2) is 22.5 Å². The minimum atomic E-state index is -0.428. The van der Waals surface area contributed by atoms with Gasteiger partial charge in [-0.2, -0.15) is 0 Å². The molecule has 5 heteroatoms. The Morgan fingerprint density at radius 3 is 2.79 bits per heavy atom. The first kappa shape index (κ1) is 11.0. The van der Waals surface area contributed by atoms with E-state index >= 15 is 0 Å². The van der Waals surface area contributed by atoms with Crippen molar-refractivity contribution < 1.29 is 9.32 Å². The minimum Gasteiger partial charge on any atom is -0.361 e. The van der Waals surface area contributed by atoms with Crippen molar-refractivity contribution in [1.82, 2.24) is 10.5 Å². The van der Waals surface area contributed by atoms with Gasteiger partial charge in [-0.15, -0.1) is 11.6 Å². The van der Waals surface area contributed by atoms with Crippen LogP contribution >= 0.6 is 11.6 Å². The molecule has 0 aliphatic carbocycles. The predicted octanol–water partition coefficient (Wildman–Crippen LogP) is 1.73. The molecule has 0 spiro atoms. The number of aromatic nitrogens is 1. The summed E-state index contributed by atoms with van der Waals surface area (Å²) in [6.07, 6.45) is 1.40. The quantitative estimate of drug-likeness (QED) is 0.783. The first-order valence-corrected chi connectivity index (χ1v) is 4.79. The van der Waals surface area contributed by atoms with E-state index < -0.39 is 5.54 Å². The van der Waals surface area contributed by atoms with Gasteiger partial charge in [-0.25, -0.2) is 0 Å². The fraction of sp³-hybridized carbons (Fsp3) is 0.556. The number of hydrogen-bond donors (Lipinski definition) is 1. The lowest BCUT2D eigenvalue weighted by atomic mass is 10.1. The molecule has 0 aliphatic rings. The van der Waals surface area contributed by atoms with Crippen LogP contribution in [0.1, 0.15) is 30.0 Å². The van der Waals surface area contributed by atoms with E-state index in [-0.39, 0.29) is 5.91 Å². The molecule has 0 saturated heterocycles. The van der Waals surface area contributed by atoms with E-state index in [0.29, 0.717) is 17.2 Å². The Balaban J connectivity index is 2.73. The first-order chi connectivity index (χ1) is 6.46. The van der Waals surface area contributed by atoms with Gasteiger partial charge >= 0.3 is 0 Å². The van der Waals surface area contributed by atoms with Crippen molar-refractivity contribution in [2.75, 3.05) is 5.88 Å². The molecular formula is C9H13ClN2O2. The van der Waals surface area contributed by atoms with Gasteiger partial charge in [0, 0.05) is 11.4 Å². The molecule has 14 heavy (non-hydrogen) atoms. The molecule has 1 aromatic heterocycles. The number of nitrogens with one attached hydrogen (secondary N) is 1. The number of halogens is 1. The summed E-state index contributed by atoms with van der Waals surface area (Å²) in [5.41, 5.74) is 0.0192. The zero-order chi connectivity index (χ0) is 10.8. The monoisotopic (exact) mass is 216 g/mol. The molecule has 1 amide bonds. The third kappa shape index (κ3) is 2.48. The van der Waals surface area contributed by atoms with E-state index in [2.05, 4.69) is 10.5 Å². The second kappa shape index (κ2) is 4.00. The number of carbonyl (C=O) groups is 1. The fourth-order valence-corrected chi connectivity index (χ4v) is 0.992. The maximum absolute atomic E-state index is 11.6. The Morgan fingerprint density at radius 1 is 1.71 bits per heavy atom. The molecule has 1 rings (SSSR count). The summed E-state index contributed by atoms with van der Waals surface area (Å²) in [4.78, 5) is 11.6. The van der Waals surface area contributed by atoms with Crippen molar-refractivity contribution in [3.8, 4) is 0 Å². The van der Waals surface area contributed by atoms with Gasteiger partial charge in [0.1, 0.15) is 11.3 Å². The number of alkyl halides is 1. The van der Waals surface area contributed by atoms with Crippen LogP contribution in [0.4, 0.5) is 0 Å². The van der Waals surface area contributed by atoms with Gasteiger partial charge in [0.25, 0.3) is 5.91 Å². The van der Waals surface area contributed by atoms with Gasteiger partial charge in [-0.05, 0) is 20.8 Å². The molecule has 78 valence electrons. The van der Waals surface area contributed by atoms with Gasteiger partial charge < -0.3 is 9.84 Å². The SMILES string of the molecule is Cc1oncc1C(=O)NC(C)(C)CCl. The Morgan fingerprint density at radius 2 is 2.36 bits per heavy atom. The maximum Gasteiger partial charge on any atom is 0.256 e. The number of hydrogen-bond acceptors (Lipinski definition) is 3. The highest BCUT2D eigenvalue weighted by atomic mass is 35.5. The largest absolute Gasteiger partial charge is 0.361 e. The zero-order valence-electron chi connectivity index (χ0n) is 8.43. The molecule has 0 bridgehead atoms. The highest BCUT2D eigenvalue weighted by Gasteiger charge is 2.22. The van der Waals surface area contributed by atoms with Crippen LogP contribution in [0.2, 0.25) is 0 Å². The molecule has 0 aromatic carbocycles. The third-order valence-corrected chi connectivity index (χ3v) is 2.45. The van der Waals surface area contributed by atoms with E-state index in [9.17, 15) is 4.79 Å². The molecular weight excluding hydrogens is 204 g/mol. The van der Waals surface area contributed by atoms with Crippen LogP contribution in [0.5, 0.6) is 0 Å². The van der Waals surface area contributed by atoms with Crippen molar-refractivity contribution in [1.29, 1.82) is 0 Å². The number of rotatable bonds is 3. The van der Waals surface area contributed by atoms with Crippen LogP contribution < -0.4 is 5.32 Å². The maximum atomic E-state index is 11.6. The van der Waals surface area contributed by atoms with Gasteiger partial charge in [0.15, 0.2) is 0 Å². The molecule has 4 nitrogen and oxygen atoms in total. The Kier molecular flexibility index (Phi) is 3.16. The Labute approximate surface area is 87.6 Å². The first-order valence-electron chi connectivity index (χ1n) is 4.26. The minimum absolute atomic E-state index is 0.214. The summed E-state index contributed by atoms with van der Waals surface area (Å²) in [5.74, 6) is 0.644. The van der Waals surface area contributed by atoms with Crippen LogP contribution in [0.3, 0.4) is 0 Å². The van der Waals surface area contributed by atoms with Gasteiger partial charge in [-0.1, -0.05) is 5.16 Å². The van der Waals surface area contributed by atoms with Crippen LogP contribution in [0.15, 0.2) is 10.7 Å². The molecule has 0 saturated carbocycles. The van der Waals surface area contributed by atoms with Crippen molar-refractivity contribution >= 4 is 17.5 Å². The Hall–Kier alpha value is -1.03. The van der Waals surface area contributed by atoms with Crippen molar-refractivity contribution in [2.24, 2.45) is 0 Å². The number of carbonyl (C=O) groups excluding carboxylic acids is 1. The highest BCUT2D eigenvalue weighted by molar-refractivity contribution is 6.18. The summed E-state index contributed by atoms with van der Waals surface area (Å²) in [7, 11) is 0. The van der Waals surface area contributed by atoms with E-state index in [1.54, 1.807) is 6.92 Å². The molecule has 1 N–H and O–H groups in total. The number of nitrogens with zero attached hydrogens (tertiary/aromatic N) is 1. The topological polar surface area (TPSA) is 55.1 Å². The van der Waals surface area contributed by atoms with Crippen LogP contribution in [0, 0.1) is 6.92 Å². The second-order valence-electron chi connectivity index (χ2n) is 3.77. The summed E-state index contributed by atoms with van der Waals surface area (Å²) < 4.78 is 4.79. The predicted molar refractivity (Wildman–Crippen MR) is 53.5 cm³/mol. The molecule has 0 radical (unpaired) electrons. The second-order valence-corrected chi connectivity index (χ2v) is 4.03. The standard InChI is InChI=1S/C9H13ClN2O2/c1-6-7(4-11-14-6)8(13)12-9(2,3)5-10/h4H,5H2,1-3H3,(H,12,13). The lowest BCUT2D eigenvalue weighted by molar-refractivity contribution is 0.0919. The lowest BCUT2D eigenvalue weighted by Gasteiger charge is -2.22. The highest BCUT2D eigenvalue weighted by Crippen LogP contribution is 2.10. The van der Waals surface area contributed by atoms with Crippen molar-refractivity contribution in [3.63, 3.8) is 0 Å². The van der Waals surface area contributed by atoms with E-state index in [1.807, 2.05) is 13.8 Å². The zero-order valence-corrected chi connectivity index (χ0v) is 9.18. The van der Waals surface area contributed by atoms with Gasteiger partial charge in [0.05, 0.1) is 6.20 Å². The molecule has 0 unspecified atom stereocenters. The molecule has 1 heterocycles. The molecule has 0 aliphatic heterocycles. The van der Waals surface area contributed by atoms with Crippen LogP contribution in [0.25, 0.3) is 0 Å². The van der Waals surface area contributed by atoms with Crippen LogP contribution in [-0.2, 0) is 0 Å². The number of amides is 1. The fourth-order valence-electron chi connectivity index (χ4n) is 0.925. The van der Waals surface area contributed by atoms with E-state index in [1.165, 1.54) is 6.20 Å².